The van der Waals surface area contributed by atoms with Gasteiger partial charge in [0.15, 0.2) is 5.65 Å². The molecule has 0 aliphatic carbocycles. The number of halogens is 1. The number of fused-ring (bicyclic) bond motifs is 1. The van der Waals surface area contributed by atoms with Gasteiger partial charge in [0.1, 0.15) is 11.5 Å². The zero-order valence-corrected chi connectivity index (χ0v) is 17.0. The lowest BCUT2D eigenvalue weighted by Crippen LogP contribution is -2.27. The second kappa shape index (κ2) is 8.45. The Morgan fingerprint density at radius 1 is 1.03 bits per heavy atom. The number of nitrogens with zero attached hydrogens (tertiary/aromatic N) is 3. The van der Waals surface area contributed by atoms with Crippen LogP contribution in [0.25, 0.3) is 28.2 Å². The molecule has 2 aromatic carbocycles. The van der Waals surface area contributed by atoms with E-state index in [2.05, 4.69) is 29.2 Å². The zero-order valence-electron chi connectivity index (χ0n) is 17.0. The molecule has 6 heteroatoms. The SMILES string of the molecule is CC(C)CCNC(=O)c1cc(-c2ccccc2F)nc2cc(-c3ccccc3)nn12. The van der Waals surface area contributed by atoms with E-state index in [4.69, 9.17) is 0 Å². The minimum absolute atomic E-state index is 0.261. The van der Waals surface area contributed by atoms with Crippen molar-refractivity contribution in [3.63, 3.8) is 0 Å². The number of carbonyl (C=O) groups excluding carboxylic acids is 1. The van der Waals surface area contributed by atoms with Gasteiger partial charge in [-0.25, -0.2) is 13.9 Å². The van der Waals surface area contributed by atoms with Crippen molar-refractivity contribution in [3.8, 4) is 22.5 Å². The molecule has 152 valence electrons. The molecule has 4 rings (SSSR count). The van der Waals surface area contributed by atoms with Crippen molar-refractivity contribution in [3.05, 3.63) is 78.2 Å². The number of amides is 1. The number of hydrogen-bond acceptors (Lipinski definition) is 3. The van der Waals surface area contributed by atoms with Gasteiger partial charge < -0.3 is 5.32 Å². The van der Waals surface area contributed by atoms with Gasteiger partial charge in [-0.1, -0.05) is 56.3 Å². The number of rotatable bonds is 6. The average Bonchev–Trinajstić information content (AvgIpc) is 3.18. The Balaban J connectivity index is 1.82. The first-order valence-electron chi connectivity index (χ1n) is 10.0. The molecule has 0 saturated heterocycles. The van der Waals surface area contributed by atoms with Crippen molar-refractivity contribution in [2.75, 3.05) is 6.54 Å². The maximum Gasteiger partial charge on any atom is 0.270 e. The van der Waals surface area contributed by atoms with Crippen LogP contribution in [-0.2, 0) is 0 Å². The minimum Gasteiger partial charge on any atom is -0.351 e. The van der Waals surface area contributed by atoms with Gasteiger partial charge in [0.25, 0.3) is 5.91 Å². The van der Waals surface area contributed by atoms with Gasteiger partial charge in [0.2, 0.25) is 0 Å². The smallest absolute Gasteiger partial charge is 0.270 e. The predicted octanol–water partition coefficient (Wildman–Crippen LogP) is 4.98. The van der Waals surface area contributed by atoms with Crippen LogP contribution in [0.3, 0.4) is 0 Å². The molecule has 0 aliphatic rings. The summed E-state index contributed by atoms with van der Waals surface area (Å²) in [6.07, 6.45) is 0.870. The molecule has 1 N–H and O–H groups in total. The van der Waals surface area contributed by atoms with Crippen molar-refractivity contribution in [2.45, 2.75) is 20.3 Å². The molecule has 2 heterocycles. The molecule has 0 radical (unpaired) electrons. The standard InChI is InChI=1S/C24H23FN4O/c1-16(2)12-13-26-24(30)22-14-21(18-10-6-7-11-19(18)25)27-23-15-20(28-29(22)23)17-8-4-3-5-9-17/h3-11,14-16H,12-13H2,1-2H3,(H,26,30). The van der Waals surface area contributed by atoms with Crippen LogP contribution < -0.4 is 5.32 Å². The number of aromatic nitrogens is 3. The molecule has 1 amide bonds. The average molecular weight is 402 g/mol. The van der Waals surface area contributed by atoms with Crippen LogP contribution in [0.5, 0.6) is 0 Å². The van der Waals surface area contributed by atoms with Crippen LogP contribution in [-0.4, -0.2) is 27.0 Å². The third kappa shape index (κ3) is 4.08. The largest absolute Gasteiger partial charge is 0.351 e. The summed E-state index contributed by atoms with van der Waals surface area (Å²) >= 11 is 0. The van der Waals surface area contributed by atoms with Crippen molar-refractivity contribution in [2.24, 2.45) is 5.92 Å². The van der Waals surface area contributed by atoms with E-state index in [1.165, 1.54) is 10.6 Å². The lowest BCUT2D eigenvalue weighted by molar-refractivity contribution is 0.0944. The Morgan fingerprint density at radius 3 is 2.50 bits per heavy atom. The summed E-state index contributed by atoms with van der Waals surface area (Å²) in [5, 5.41) is 7.55. The van der Waals surface area contributed by atoms with E-state index in [0.29, 0.717) is 40.8 Å². The lowest BCUT2D eigenvalue weighted by atomic mass is 10.1. The summed E-state index contributed by atoms with van der Waals surface area (Å²) in [6.45, 7) is 4.77. The lowest BCUT2D eigenvalue weighted by Gasteiger charge is -2.10. The number of hydrogen-bond donors (Lipinski definition) is 1. The van der Waals surface area contributed by atoms with Crippen LogP contribution in [0.15, 0.2) is 66.7 Å². The topological polar surface area (TPSA) is 59.3 Å². The van der Waals surface area contributed by atoms with Crippen molar-refractivity contribution >= 4 is 11.6 Å². The van der Waals surface area contributed by atoms with Gasteiger partial charge in [0.05, 0.1) is 11.4 Å². The second-order valence-electron chi connectivity index (χ2n) is 7.61. The highest BCUT2D eigenvalue weighted by Gasteiger charge is 2.18. The maximum atomic E-state index is 14.4. The molecule has 0 spiro atoms. The quantitative estimate of drug-likeness (QED) is 0.495. The molecule has 2 aromatic heterocycles. The van der Waals surface area contributed by atoms with Gasteiger partial charge in [-0.3, -0.25) is 4.79 Å². The fourth-order valence-electron chi connectivity index (χ4n) is 3.26. The molecule has 0 bridgehead atoms. The van der Waals surface area contributed by atoms with E-state index in [1.807, 2.05) is 36.4 Å². The highest BCUT2D eigenvalue weighted by atomic mass is 19.1. The van der Waals surface area contributed by atoms with E-state index < -0.39 is 0 Å². The second-order valence-corrected chi connectivity index (χ2v) is 7.61. The first-order valence-corrected chi connectivity index (χ1v) is 10.0. The normalized spacial score (nSPS) is 11.2. The molecule has 0 saturated carbocycles. The predicted molar refractivity (Wildman–Crippen MR) is 116 cm³/mol. The van der Waals surface area contributed by atoms with Gasteiger partial charge >= 0.3 is 0 Å². The summed E-state index contributed by atoms with van der Waals surface area (Å²) in [7, 11) is 0. The first kappa shape index (κ1) is 19.8. The summed E-state index contributed by atoms with van der Waals surface area (Å²) in [5.41, 5.74) is 3.17. The third-order valence-electron chi connectivity index (χ3n) is 4.89. The van der Waals surface area contributed by atoms with Crippen molar-refractivity contribution in [1.29, 1.82) is 0 Å². The Morgan fingerprint density at radius 2 is 1.77 bits per heavy atom. The molecule has 30 heavy (non-hydrogen) atoms. The molecule has 0 atom stereocenters. The van der Waals surface area contributed by atoms with E-state index in [0.717, 1.165) is 12.0 Å². The van der Waals surface area contributed by atoms with Gasteiger partial charge in [-0.05, 0) is 30.5 Å². The molecule has 0 unspecified atom stereocenters. The Labute approximate surface area is 174 Å². The zero-order chi connectivity index (χ0) is 21.1. The first-order chi connectivity index (χ1) is 14.5. The fourth-order valence-corrected chi connectivity index (χ4v) is 3.26. The monoisotopic (exact) mass is 402 g/mol. The number of benzene rings is 2. The fraction of sp³-hybridized carbons (Fsp3) is 0.208. The summed E-state index contributed by atoms with van der Waals surface area (Å²) < 4.78 is 15.9. The molecule has 0 aliphatic heterocycles. The van der Waals surface area contributed by atoms with E-state index >= 15 is 0 Å². The molecule has 4 aromatic rings. The number of carbonyl (C=O) groups is 1. The van der Waals surface area contributed by atoms with Crippen LogP contribution in [0.2, 0.25) is 0 Å². The highest BCUT2D eigenvalue weighted by molar-refractivity contribution is 5.94. The van der Waals surface area contributed by atoms with E-state index in [-0.39, 0.29) is 11.7 Å². The molecule has 0 fully saturated rings. The van der Waals surface area contributed by atoms with Crippen LogP contribution >= 0.6 is 0 Å². The maximum absolute atomic E-state index is 14.4. The van der Waals surface area contributed by atoms with Crippen LogP contribution in [0.4, 0.5) is 4.39 Å². The van der Waals surface area contributed by atoms with Gasteiger partial charge in [-0.15, -0.1) is 0 Å². The Kier molecular flexibility index (Phi) is 5.57. The number of nitrogens with one attached hydrogen (secondary N) is 1. The summed E-state index contributed by atoms with van der Waals surface area (Å²) in [4.78, 5) is 17.5. The van der Waals surface area contributed by atoms with Gasteiger partial charge in [0, 0.05) is 23.7 Å². The van der Waals surface area contributed by atoms with Crippen LogP contribution in [0, 0.1) is 11.7 Å². The molecular weight excluding hydrogens is 379 g/mol. The highest BCUT2D eigenvalue weighted by Crippen LogP contribution is 2.25. The van der Waals surface area contributed by atoms with Crippen molar-refractivity contribution < 1.29 is 9.18 Å². The molecular formula is C24H23FN4O. The third-order valence-corrected chi connectivity index (χ3v) is 4.89. The summed E-state index contributed by atoms with van der Waals surface area (Å²) in [5.74, 6) is -0.169. The summed E-state index contributed by atoms with van der Waals surface area (Å²) in [6, 6.07) is 19.5. The van der Waals surface area contributed by atoms with E-state index in [9.17, 15) is 9.18 Å². The minimum atomic E-state index is -0.386. The van der Waals surface area contributed by atoms with Gasteiger partial charge in [-0.2, -0.15) is 5.10 Å². The molecule has 5 nitrogen and oxygen atoms in total. The Bertz CT molecular complexity index is 1180. The van der Waals surface area contributed by atoms with Crippen LogP contribution in [0.1, 0.15) is 30.8 Å². The Hall–Kier alpha value is -3.54. The van der Waals surface area contributed by atoms with Crippen molar-refractivity contribution in [1.82, 2.24) is 19.9 Å². The van der Waals surface area contributed by atoms with E-state index in [1.54, 1.807) is 24.3 Å².